The zero-order chi connectivity index (χ0) is 18.7. The molecule has 26 heavy (non-hydrogen) atoms. The molecule has 3 amide bonds. The number of nitrogens with zero attached hydrogens (tertiary/aromatic N) is 2. The van der Waals surface area contributed by atoms with Crippen LogP contribution in [0.1, 0.15) is 35.7 Å². The van der Waals surface area contributed by atoms with Gasteiger partial charge in [-0.05, 0) is 50.5 Å². The number of anilines is 1. The molecule has 3 rings (SSSR count). The van der Waals surface area contributed by atoms with Crippen LogP contribution >= 0.6 is 0 Å². The van der Waals surface area contributed by atoms with E-state index >= 15 is 0 Å². The van der Waals surface area contributed by atoms with Crippen molar-refractivity contribution in [1.82, 2.24) is 10.2 Å². The minimum atomic E-state index is -0.249. The Morgan fingerprint density at radius 2 is 2.12 bits per heavy atom. The molecule has 0 radical (unpaired) electrons. The highest BCUT2D eigenvalue weighted by atomic mass is 16.5. The number of nitrogens with one attached hydrogen (secondary N) is 1. The van der Waals surface area contributed by atoms with E-state index in [2.05, 4.69) is 5.32 Å². The average Bonchev–Trinajstić information content (AvgIpc) is 3.07. The summed E-state index contributed by atoms with van der Waals surface area (Å²) >= 11 is 0. The molecule has 2 heterocycles. The van der Waals surface area contributed by atoms with E-state index < -0.39 is 0 Å². The van der Waals surface area contributed by atoms with E-state index in [0.717, 1.165) is 24.1 Å². The van der Waals surface area contributed by atoms with Gasteiger partial charge >= 0.3 is 12.0 Å². The minimum absolute atomic E-state index is 0.0838. The molecule has 1 unspecified atom stereocenters. The summed E-state index contributed by atoms with van der Waals surface area (Å²) in [5.74, 6) is -0.558. The molecular weight excluding hydrogens is 334 g/mol. The lowest BCUT2D eigenvalue weighted by Crippen LogP contribution is -2.42. The third-order valence-corrected chi connectivity index (χ3v) is 4.92. The first kappa shape index (κ1) is 18.2. The summed E-state index contributed by atoms with van der Waals surface area (Å²) in [7, 11) is 0. The zero-order valence-electron chi connectivity index (χ0n) is 15.3. The number of hydrogen-bond donors (Lipinski definition) is 1. The predicted molar refractivity (Wildman–Crippen MR) is 97.2 cm³/mol. The second-order valence-corrected chi connectivity index (χ2v) is 6.73. The molecule has 1 aromatic rings. The number of carbonyl (C=O) groups excluding carboxylic acids is 3. The Balaban J connectivity index is 1.72. The molecule has 0 aliphatic carbocycles. The summed E-state index contributed by atoms with van der Waals surface area (Å²) in [4.78, 5) is 40.1. The Morgan fingerprint density at radius 1 is 1.31 bits per heavy atom. The van der Waals surface area contributed by atoms with Gasteiger partial charge in [0.25, 0.3) is 5.91 Å². The number of benzene rings is 1. The first-order valence-corrected chi connectivity index (χ1v) is 9.13. The third kappa shape index (κ3) is 3.66. The van der Waals surface area contributed by atoms with Crippen molar-refractivity contribution in [3.05, 3.63) is 29.3 Å². The van der Waals surface area contributed by atoms with Gasteiger partial charge in [0.15, 0.2) is 0 Å². The molecular formula is C19H25N3O4. The number of carbonyl (C=O) groups is 3. The van der Waals surface area contributed by atoms with E-state index in [-0.39, 0.29) is 23.8 Å². The second kappa shape index (κ2) is 7.76. The number of aryl methyl sites for hydroxylation is 1. The smallest absolute Gasteiger partial charge is 0.322 e. The van der Waals surface area contributed by atoms with Gasteiger partial charge in [0, 0.05) is 37.4 Å². The van der Waals surface area contributed by atoms with E-state index in [0.29, 0.717) is 38.3 Å². The van der Waals surface area contributed by atoms with Gasteiger partial charge < -0.3 is 15.0 Å². The van der Waals surface area contributed by atoms with Gasteiger partial charge in [0.2, 0.25) is 0 Å². The fourth-order valence-corrected chi connectivity index (χ4v) is 3.59. The highest BCUT2D eigenvalue weighted by Gasteiger charge is 2.30. The first-order valence-electron chi connectivity index (χ1n) is 9.13. The molecule has 7 nitrogen and oxygen atoms in total. The summed E-state index contributed by atoms with van der Waals surface area (Å²) < 4.78 is 5.10. The van der Waals surface area contributed by atoms with Crippen LogP contribution in [0.2, 0.25) is 0 Å². The van der Waals surface area contributed by atoms with Crippen LogP contribution in [-0.2, 0) is 9.53 Å². The summed E-state index contributed by atoms with van der Waals surface area (Å²) in [5.41, 5.74) is 2.28. The molecule has 2 saturated heterocycles. The fraction of sp³-hybridized carbons (Fsp3) is 0.526. The van der Waals surface area contributed by atoms with Crippen molar-refractivity contribution in [3.8, 4) is 0 Å². The number of esters is 1. The molecule has 2 fully saturated rings. The number of amides is 3. The zero-order valence-corrected chi connectivity index (χ0v) is 15.3. The van der Waals surface area contributed by atoms with E-state index in [1.165, 1.54) is 0 Å². The highest BCUT2D eigenvalue weighted by molar-refractivity contribution is 5.98. The Bertz CT molecular complexity index is 719. The quantitative estimate of drug-likeness (QED) is 0.834. The number of urea groups is 1. The van der Waals surface area contributed by atoms with Gasteiger partial charge in [-0.25, -0.2) is 4.79 Å². The predicted octanol–water partition coefficient (Wildman–Crippen LogP) is 1.94. The lowest BCUT2D eigenvalue weighted by Gasteiger charge is -2.31. The van der Waals surface area contributed by atoms with Gasteiger partial charge in [-0.3, -0.25) is 14.5 Å². The number of likely N-dealkylation sites (tertiary alicyclic amines) is 1. The number of ether oxygens (including phenoxy) is 1. The Hall–Kier alpha value is -2.57. The normalized spacial score (nSPS) is 20.1. The van der Waals surface area contributed by atoms with E-state index in [1.54, 1.807) is 22.8 Å². The molecule has 0 spiro atoms. The van der Waals surface area contributed by atoms with Crippen molar-refractivity contribution in [2.75, 3.05) is 37.7 Å². The third-order valence-electron chi connectivity index (χ3n) is 4.92. The Labute approximate surface area is 153 Å². The Kier molecular flexibility index (Phi) is 5.44. The van der Waals surface area contributed by atoms with Crippen LogP contribution in [0.5, 0.6) is 0 Å². The maximum Gasteiger partial charge on any atom is 0.322 e. The lowest BCUT2D eigenvalue weighted by atomic mass is 9.97. The van der Waals surface area contributed by atoms with E-state index in [1.807, 2.05) is 19.1 Å². The largest absolute Gasteiger partial charge is 0.466 e. The summed E-state index contributed by atoms with van der Waals surface area (Å²) in [6.45, 7) is 6.33. The van der Waals surface area contributed by atoms with Crippen molar-refractivity contribution in [2.24, 2.45) is 5.92 Å². The molecule has 1 atom stereocenters. The minimum Gasteiger partial charge on any atom is -0.466 e. The average molecular weight is 359 g/mol. The Morgan fingerprint density at radius 3 is 2.77 bits per heavy atom. The van der Waals surface area contributed by atoms with E-state index in [9.17, 15) is 14.4 Å². The molecule has 1 N–H and O–H groups in total. The summed E-state index contributed by atoms with van der Waals surface area (Å²) in [5, 5.41) is 2.78. The monoisotopic (exact) mass is 359 g/mol. The van der Waals surface area contributed by atoms with Gasteiger partial charge in [0.1, 0.15) is 0 Å². The molecule has 0 aromatic heterocycles. The standard InChI is InChI=1S/C19H25N3O4/c1-3-26-18(24)15-5-4-9-21(12-15)17(23)14-6-7-16(13(2)11-14)22-10-8-20-19(22)25/h6-7,11,15H,3-5,8-10,12H2,1-2H3,(H,20,25). The van der Waals surface area contributed by atoms with Crippen LogP contribution in [-0.4, -0.2) is 55.6 Å². The van der Waals surface area contributed by atoms with Gasteiger partial charge in [-0.1, -0.05) is 0 Å². The van der Waals surface area contributed by atoms with Crippen molar-refractivity contribution in [3.63, 3.8) is 0 Å². The number of piperidine rings is 1. The van der Waals surface area contributed by atoms with Crippen molar-refractivity contribution < 1.29 is 19.1 Å². The topological polar surface area (TPSA) is 79.0 Å². The van der Waals surface area contributed by atoms with Crippen LogP contribution in [0.25, 0.3) is 0 Å². The highest BCUT2D eigenvalue weighted by Crippen LogP contribution is 2.25. The van der Waals surface area contributed by atoms with Crippen LogP contribution in [0, 0.1) is 12.8 Å². The molecule has 2 aliphatic rings. The van der Waals surface area contributed by atoms with Crippen LogP contribution in [0.15, 0.2) is 18.2 Å². The summed E-state index contributed by atoms with van der Waals surface area (Å²) in [6, 6.07) is 5.28. The van der Waals surface area contributed by atoms with Crippen molar-refractivity contribution in [1.29, 1.82) is 0 Å². The number of hydrogen-bond acceptors (Lipinski definition) is 4. The maximum absolute atomic E-state index is 12.9. The first-order chi connectivity index (χ1) is 12.5. The van der Waals surface area contributed by atoms with Gasteiger partial charge in [0.05, 0.1) is 12.5 Å². The van der Waals surface area contributed by atoms with Crippen LogP contribution in [0.4, 0.5) is 10.5 Å². The SMILES string of the molecule is CCOC(=O)C1CCCN(C(=O)c2ccc(N3CCNC3=O)c(C)c2)C1. The van der Waals surface area contributed by atoms with Crippen molar-refractivity contribution in [2.45, 2.75) is 26.7 Å². The maximum atomic E-state index is 12.9. The summed E-state index contributed by atoms with van der Waals surface area (Å²) in [6.07, 6.45) is 1.55. The van der Waals surface area contributed by atoms with Gasteiger partial charge in [-0.15, -0.1) is 0 Å². The van der Waals surface area contributed by atoms with Crippen LogP contribution in [0.3, 0.4) is 0 Å². The molecule has 140 valence electrons. The second-order valence-electron chi connectivity index (χ2n) is 6.73. The molecule has 2 aliphatic heterocycles. The van der Waals surface area contributed by atoms with Gasteiger partial charge in [-0.2, -0.15) is 0 Å². The molecule has 0 bridgehead atoms. The van der Waals surface area contributed by atoms with Crippen LogP contribution < -0.4 is 10.2 Å². The lowest BCUT2D eigenvalue weighted by molar-refractivity contribution is -0.149. The molecule has 0 saturated carbocycles. The molecule has 7 heteroatoms. The van der Waals surface area contributed by atoms with Crippen molar-refractivity contribution >= 4 is 23.6 Å². The molecule has 1 aromatic carbocycles. The number of rotatable bonds is 4. The fourth-order valence-electron chi connectivity index (χ4n) is 3.59. The van der Waals surface area contributed by atoms with E-state index in [4.69, 9.17) is 4.74 Å².